The average molecular weight is 299 g/mol. The lowest BCUT2D eigenvalue weighted by Gasteiger charge is -2.29. The monoisotopic (exact) mass is 298 g/mol. The minimum absolute atomic E-state index is 0.0589. The van der Waals surface area contributed by atoms with Crippen LogP contribution in [0.15, 0.2) is 18.2 Å². The second-order valence-electron chi connectivity index (χ2n) is 5.10. The molecule has 1 aromatic rings. The molecular weight excluding hydrogens is 284 g/mol. The van der Waals surface area contributed by atoms with Crippen LogP contribution >= 0.6 is 11.6 Å². The molecule has 0 aromatic heterocycles. The van der Waals surface area contributed by atoms with E-state index in [-0.39, 0.29) is 17.8 Å². The number of nitrogens with zero attached hydrogens (tertiary/aromatic N) is 1. The highest BCUT2D eigenvalue weighted by Gasteiger charge is 2.37. The minimum atomic E-state index is -0.913. The lowest BCUT2D eigenvalue weighted by atomic mass is 9.92. The van der Waals surface area contributed by atoms with Crippen LogP contribution in [0.2, 0.25) is 5.02 Å². The van der Waals surface area contributed by atoms with Gasteiger partial charge in [-0.25, -0.2) is 0 Å². The minimum Gasteiger partial charge on any atom is -0.481 e. The number of nitro benzene ring substituents is 1. The Kier molecular flexibility index (Phi) is 4.13. The Bertz CT molecular complexity index is 541. The number of aliphatic carboxylic acids is 1. The maximum atomic E-state index is 11.0. The summed E-state index contributed by atoms with van der Waals surface area (Å²) < 4.78 is 0. The van der Waals surface area contributed by atoms with Gasteiger partial charge in [0.05, 0.1) is 11.3 Å². The predicted octanol–water partition coefficient (Wildman–Crippen LogP) is 3.45. The van der Waals surface area contributed by atoms with Crippen LogP contribution in [-0.2, 0) is 4.79 Å². The van der Waals surface area contributed by atoms with Crippen molar-refractivity contribution in [1.29, 1.82) is 0 Å². The van der Waals surface area contributed by atoms with Crippen LogP contribution in [-0.4, -0.2) is 21.5 Å². The van der Waals surface area contributed by atoms with Gasteiger partial charge in [-0.15, -0.1) is 0 Å². The Morgan fingerprint density at radius 1 is 1.45 bits per heavy atom. The van der Waals surface area contributed by atoms with E-state index in [1.54, 1.807) is 0 Å². The standard InChI is InChI=1S/C13H15ClN2O4/c14-9-3-4-11(16(19)20)10(7-9)15-13(8-12(17)18)5-1-2-6-13/h3-4,7,15H,1-2,5-6,8H2,(H,17,18). The number of hydrogen-bond acceptors (Lipinski definition) is 4. The van der Waals surface area contributed by atoms with Crippen LogP contribution in [0.5, 0.6) is 0 Å². The van der Waals surface area contributed by atoms with E-state index < -0.39 is 16.4 Å². The molecule has 0 bridgehead atoms. The van der Waals surface area contributed by atoms with Gasteiger partial charge in [0.1, 0.15) is 5.69 Å². The summed E-state index contributed by atoms with van der Waals surface area (Å²) in [4.78, 5) is 21.6. The van der Waals surface area contributed by atoms with Crippen molar-refractivity contribution in [1.82, 2.24) is 0 Å². The first kappa shape index (κ1) is 14.6. The smallest absolute Gasteiger partial charge is 0.305 e. The first-order chi connectivity index (χ1) is 9.42. The summed E-state index contributed by atoms with van der Waals surface area (Å²) in [6.07, 6.45) is 3.13. The Morgan fingerprint density at radius 2 is 2.10 bits per heavy atom. The maximum Gasteiger partial charge on any atom is 0.305 e. The third-order valence-electron chi connectivity index (χ3n) is 3.61. The largest absolute Gasteiger partial charge is 0.481 e. The predicted molar refractivity (Wildman–Crippen MR) is 75.2 cm³/mol. The number of carboxylic acid groups (broad SMARTS) is 1. The fraction of sp³-hybridized carbons (Fsp3) is 0.462. The first-order valence-electron chi connectivity index (χ1n) is 6.36. The van der Waals surface area contributed by atoms with Crippen molar-refractivity contribution in [2.24, 2.45) is 0 Å². The van der Waals surface area contributed by atoms with Crippen LogP contribution in [0.3, 0.4) is 0 Å². The molecule has 0 aliphatic heterocycles. The molecule has 0 radical (unpaired) electrons. The molecular formula is C13H15ClN2O4. The van der Waals surface area contributed by atoms with Crippen molar-refractivity contribution in [2.75, 3.05) is 5.32 Å². The number of halogens is 1. The van der Waals surface area contributed by atoms with E-state index in [2.05, 4.69) is 5.32 Å². The van der Waals surface area contributed by atoms with Crippen LogP contribution in [0, 0.1) is 10.1 Å². The number of rotatable bonds is 5. The van der Waals surface area contributed by atoms with Crippen molar-refractivity contribution in [2.45, 2.75) is 37.6 Å². The second kappa shape index (κ2) is 5.66. The third-order valence-corrected chi connectivity index (χ3v) is 3.84. The number of anilines is 1. The van der Waals surface area contributed by atoms with Gasteiger partial charge in [0.2, 0.25) is 0 Å². The number of carbonyl (C=O) groups is 1. The van der Waals surface area contributed by atoms with Gasteiger partial charge >= 0.3 is 5.97 Å². The molecule has 2 rings (SSSR count). The van der Waals surface area contributed by atoms with Crippen LogP contribution in [0.4, 0.5) is 11.4 Å². The molecule has 0 heterocycles. The fourth-order valence-electron chi connectivity index (χ4n) is 2.74. The molecule has 0 unspecified atom stereocenters. The molecule has 108 valence electrons. The van der Waals surface area contributed by atoms with Gasteiger partial charge in [-0.05, 0) is 25.0 Å². The Hall–Kier alpha value is -1.82. The number of nitro groups is 1. The molecule has 0 amide bonds. The van der Waals surface area contributed by atoms with Gasteiger partial charge in [-0.3, -0.25) is 14.9 Å². The summed E-state index contributed by atoms with van der Waals surface area (Å²) in [6.45, 7) is 0. The van der Waals surface area contributed by atoms with Crippen molar-refractivity contribution in [3.63, 3.8) is 0 Å². The molecule has 1 aliphatic carbocycles. The molecule has 2 N–H and O–H groups in total. The zero-order valence-electron chi connectivity index (χ0n) is 10.8. The highest BCUT2D eigenvalue weighted by atomic mass is 35.5. The molecule has 0 spiro atoms. The van der Waals surface area contributed by atoms with Crippen molar-refractivity contribution in [3.8, 4) is 0 Å². The second-order valence-corrected chi connectivity index (χ2v) is 5.54. The summed E-state index contributed by atoms with van der Waals surface area (Å²) >= 11 is 5.88. The average Bonchev–Trinajstić information content (AvgIpc) is 2.75. The van der Waals surface area contributed by atoms with Crippen molar-refractivity contribution < 1.29 is 14.8 Å². The van der Waals surface area contributed by atoms with E-state index in [0.29, 0.717) is 17.9 Å². The SMILES string of the molecule is O=C(O)CC1(Nc2cc(Cl)ccc2[N+](=O)[O-])CCCC1. The van der Waals surface area contributed by atoms with Gasteiger partial charge in [-0.1, -0.05) is 24.4 Å². The van der Waals surface area contributed by atoms with E-state index in [0.717, 1.165) is 12.8 Å². The highest BCUT2D eigenvalue weighted by Crippen LogP contribution is 2.39. The summed E-state index contributed by atoms with van der Waals surface area (Å²) in [5.74, 6) is -0.913. The van der Waals surface area contributed by atoms with Gasteiger partial charge in [0.15, 0.2) is 0 Å². The van der Waals surface area contributed by atoms with Crippen LogP contribution in [0.25, 0.3) is 0 Å². The Labute approximate surface area is 120 Å². The number of carboxylic acids is 1. The van der Waals surface area contributed by atoms with Crippen molar-refractivity contribution in [3.05, 3.63) is 33.3 Å². The molecule has 6 nitrogen and oxygen atoms in total. The molecule has 20 heavy (non-hydrogen) atoms. The maximum absolute atomic E-state index is 11.0. The first-order valence-corrected chi connectivity index (χ1v) is 6.74. The van der Waals surface area contributed by atoms with E-state index in [9.17, 15) is 14.9 Å². The van der Waals surface area contributed by atoms with Gasteiger partial charge < -0.3 is 10.4 Å². The quantitative estimate of drug-likeness (QED) is 0.641. The van der Waals surface area contributed by atoms with Gasteiger partial charge in [0, 0.05) is 16.6 Å². The zero-order chi connectivity index (χ0) is 14.8. The fourth-order valence-corrected chi connectivity index (χ4v) is 2.91. The highest BCUT2D eigenvalue weighted by molar-refractivity contribution is 6.31. The van der Waals surface area contributed by atoms with E-state index in [1.165, 1.54) is 18.2 Å². The summed E-state index contributed by atoms with van der Waals surface area (Å²) in [6, 6.07) is 4.25. The normalized spacial score (nSPS) is 16.9. The van der Waals surface area contributed by atoms with Gasteiger partial charge in [-0.2, -0.15) is 0 Å². The summed E-state index contributed by atoms with van der Waals surface area (Å²) in [7, 11) is 0. The van der Waals surface area contributed by atoms with Gasteiger partial charge in [0.25, 0.3) is 5.69 Å². The topological polar surface area (TPSA) is 92.5 Å². The molecule has 1 aliphatic rings. The Morgan fingerprint density at radius 3 is 2.65 bits per heavy atom. The molecule has 0 atom stereocenters. The zero-order valence-corrected chi connectivity index (χ0v) is 11.5. The number of nitrogens with one attached hydrogen (secondary N) is 1. The molecule has 0 saturated heterocycles. The van der Waals surface area contributed by atoms with Crippen LogP contribution < -0.4 is 5.32 Å². The Balaban J connectivity index is 2.33. The lowest BCUT2D eigenvalue weighted by molar-refractivity contribution is -0.384. The van der Waals surface area contributed by atoms with E-state index in [1.807, 2.05) is 0 Å². The van der Waals surface area contributed by atoms with Crippen LogP contribution in [0.1, 0.15) is 32.1 Å². The van der Waals surface area contributed by atoms with Crippen molar-refractivity contribution >= 4 is 28.9 Å². The number of hydrogen-bond donors (Lipinski definition) is 2. The van der Waals surface area contributed by atoms with E-state index in [4.69, 9.17) is 16.7 Å². The molecule has 1 fully saturated rings. The van der Waals surface area contributed by atoms with E-state index >= 15 is 0 Å². The summed E-state index contributed by atoms with van der Waals surface area (Å²) in [5.41, 5.74) is -0.432. The lowest BCUT2D eigenvalue weighted by Crippen LogP contribution is -2.37. The summed E-state index contributed by atoms with van der Waals surface area (Å²) in [5, 5.41) is 23.5. The molecule has 1 aromatic carbocycles. The number of benzene rings is 1. The molecule has 7 heteroatoms. The third kappa shape index (κ3) is 3.19. The molecule has 1 saturated carbocycles.